The van der Waals surface area contributed by atoms with Gasteiger partial charge in [-0.1, -0.05) is 19.1 Å². The van der Waals surface area contributed by atoms with E-state index in [9.17, 15) is 9.18 Å². The lowest BCUT2D eigenvalue weighted by atomic mass is 9.74. The minimum absolute atomic E-state index is 0.0916. The number of ether oxygens (including phenoxy) is 1. The Morgan fingerprint density at radius 2 is 2.00 bits per heavy atom. The number of nitrogens with one attached hydrogen (secondary N) is 1. The molecule has 0 spiro atoms. The summed E-state index contributed by atoms with van der Waals surface area (Å²) in [5, 5.41) is 3.06. The van der Waals surface area contributed by atoms with Gasteiger partial charge in [0.2, 0.25) is 5.91 Å². The Morgan fingerprint density at radius 1 is 1.32 bits per heavy atom. The monoisotopic (exact) mass is 325 g/mol. The summed E-state index contributed by atoms with van der Waals surface area (Å²) in [5.41, 5.74) is 0.944. The molecule has 1 aliphatic heterocycles. The second-order valence-corrected chi connectivity index (χ2v) is 7.02. The van der Waals surface area contributed by atoms with Gasteiger partial charge in [-0.2, -0.15) is 11.8 Å². The van der Waals surface area contributed by atoms with Crippen molar-refractivity contribution in [3.05, 3.63) is 35.6 Å². The van der Waals surface area contributed by atoms with Crippen LogP contribution in [-0.2, 0) is 14.9 Å². The van der Waals surface area contributed by atoms with Crippen LogP contribution >= 0.6 is 11.8 Å². The van der Waals surface area contributed by atoms with Crippen LogP contribution in [0.5, 0.6) is 0 Å². The third kappa shape index (κ3) is 4.71. The van der Waals surface area contributed by atoms with Crippen molar-refractivity contribution in [1.29, 1.82) is 0 Å². The van der Waals surface area contributed by atoms with Gasteiger partial charge in [0.1, 0.15) is 5.82 Å². The Morgan fingerprint density at radius 3 is 2.64 bits per heavy atom. The highest BCUT2D eigenvalue weighted by Crippen LogP contribution is 2.34. The zero-order chi connectivity index (χ0) is 15.8. The highest BCUT2D eigenvalue weighted by atomic mass is 32.2. The van der Waals surface area contributed by atoms with Crippen LogP contribution in [0.1, 0.15) is 31.7 Å². The fourth-order valence-corrected chi connectivity index (χ4v) is 3.42. The van der Waals surface area contributed by atoms with Gasteiger partial charge >= 0.3 is 0 Å². The van der Waals surface area contributed by atoms with Crippen molar-refractivity contribution in [2.75, 3.05) is 31.3 Å². The van der Waals surface area contributed by atoms with Gasteiger partial charge in [-0.05, 0) is 36.3 Å². The van der Waals surface area contributed by atoms with Crippen LogP contribution in [0.4, 0.5) is 4.39 Å². The Labute approximate surface area is 136 Å². The third-order valence-electron chi connectivity index (χ3n) is 4.21. The molecule has 122 valence electrons. The van der Waals surface area contributed by atoms with Crippen molar-refractivity contribution >= 4 is 17.7 Å². The summed E-state index contributed by atoms with van der Waals surface area (Å²) in [6.45, 7) is 4.05. The SMILES string of the molecule is CCSCCC(=O)NCC1(c2ccc(F)cc2)CCOCC1. The molecule has 0 aromatic heterocycles. The molecule has 0 aliphatic carbocycles. The molecule has 1 saturated heterocycles. The minimum atomic E-state index is -0.230. The summed E-state index contributed by atoms with van der Waals surface area (Å²) < 4.78 is 18.6. The number of hydrogen-bond acceptors (Lipinski definition) is 3. The van der Waals surface area contributed by atoms with E-state index in [0.717, 1.165) is 29.9 Å². The van der Waals surface area contributed by atoms with Gasteiger partial charge in [0.05, 0.1) is 0 Å². The van der Waals surface area contributed by atoms with Crippen LogP contribution < -0.4 is 5.32 Å². The molecule has 1 fully saturated rings. The maximum atomic E-state index is 13.2. The van der Waals surface area contributed by atoms with E-state index in [4.69, 9.17) is 4.74 Å². The molecule has 0 unspecified atom stereocenters. The van der Waals surface area contributed by atoms with E-state index >= 15 is 0 Å². The molecular formula is C17H24FNO2S. The summed E-state index contributed by atoms with van der Waals surface area (Å²) in [6.07, 6.45) is 2.25. The van der Waals surface area contributed by atoms with Crippen LogP contribution in [0, 0.1) is 5.82 Å². The van der Waals surface area contributed by atoms with Gasteiger partial charge in [0.25, 0.3) is 0 Å². The maximum Gasteiger partial charge on any atom is 0.220 e. The fourth-order valence-electron chi connectivity index (χ4n) is 2.80. The predicted molar refractivity (Wildman–Crippen MR) is 88.8 cm³/mol. The molecule has 22 heavy (non-hydrogen) atoms. The van der Waals surface area contributed by atoms with E-state index in [-0.39, 0.29) is 17.1 Å². The zero-order valence-corrected chi connectivity index (χ0v) is 13.9. The Kier molecular flexibility index (Phi) is 6.70. The molecule has 0 radical (unpaired) electrons. The first-order valence-corrected chi connectivity index (χ1v) is 9.00. The molecule has 1 heterocycles. The van der Waals surface area contributed by atoms with E-state index in [0.29, 0.717) is 26.2 Å². The molecule has 3 nitrogen and oxygen atoms in total. The lowest BCUT2D eigenvalue weighted by Crippen LogP contribution is -2.44. The van der Waals surface area contributed by atoms with Crippen LogP contribution in [0.25, 0.3) is 0 Å². The standard InChI is InChI=1S/C17H24FNO2S/c1-2-22-12-7-16(20)19-13-17(8-10-21-11-9-17)14-3-5-15(18)6-4-14/h3-6H,2,7-13H2,1H3,(H,19,20). The average Bonchev–Trinajstić information content (AvgIpc) is 2.55. The number of halogens is 1. The number of rotatable bonds is 7. The first-order valence-electron chi connectivity index (χ1n) is 7.84. The largest absolute Gasteiger partial charge is 0.381 e. The average molecular weight is 325 g/mol. The quantitative estimate of drug-likeness (QED) is 0.783. The number of amides is 1. The summed E-state index contributed by atoms with van der Waals surface area (Å²) in [4.78, 5) is 12.0. The number of carbonyl (C=O) groups is 1. The minimum Gasteiger partial charge on any atom is -0.381 e. The fraction of sp³-hybridized carbons (Fsp3) is 0.588. The predicted octanol–water partition coefficient (Wildman–Crippen LogP) is 3.13. The molecule has 1 N–H and O–H groups in total. The number of carbonyl (C=O) groups excluding carboxylic acids is 1. The van der Waals surface area contributed by atoms with Gasteiger partial charge in [0, 0.05) is 37.3 Å². The van der Waals surface area contributed by atoms with Crippen LogP contribution in [-0.4, -0.2) is 37.2 Å². The second-order valence-electron chi connectivity index (χ2n) is 5.62. The second kappa shape index (κ2) is 8.53. The van der Waals surface area contributed by atoms with Crippen molar-refractivity contribution < 1.29 is 13.9 Å². The highest BCUT2D eigenvalue weighted by molar-refractivity contribution is 7.99. The third-order valence-corrected chi connectivity index (χ3v) is 5.11. The first-order chi connectivity index (χ1) is 10.7. The Bertz CT molecular complexity index is 472. The summed E-state index contributed by atoms with van der Waals surface area (Å²) in [6, 6.07) is 6.65. The molecule has 0 atom stereocenters. The van der Waals surface area contributed by atoms with E-state index in [1.54, 1.807) is 11.8 Å². The van der Waals surface area contributed by atoms with Crippen molar-refractivity contribution in [1.82, 2.24) is 5.32 Å². The van der Waals surface area contributed by atoms with Gasteiger partial charge in [-0.15, -0.1) is 0 Å². The normalized spacial score (nSPS) is 17.2. The first kappa shape index (κ1) is 17.3. The van der Waals surface area contributed by atoms with Gasteiger partial charge in [0.15, 0.2) is 0 Å². The van der Waals surface area contributed by atoms with E-state index in [1.807, 2.05) is 12.1 Å². The van der Waals surface area contributed by atoms with Crippen molar-refractivity contribution in [2.45, 2.75) is 31.6 Å². The molecule has 1 aliphatic rings. The van der Waals surface area contributed by atoms with E-state index in [2.05, 4.69) is 12.2 Å². The van der Waals surface area contributed by atoms with E-state index in [1.165, 1.54) is 12.1 Å². The molecule has 1 aromatic rings. The molecule has 1 amide bonds. The highest BCUT2D eigenvalue weighted by Gasteiger charge is 2.34. The van der Waals surface area contributed by atoms with Crippen LogP contribution in [0.3, 0.4) is 0 Å². The van der Waals surface area contributed by atoms with E-state index < -0.39 is 0 Å². The van der Waals surface area contributed by atoms with Crippen molar-refractivity contribution in [2.24, 2.45) is 0 Å². The zero-order valence-electron chi connectivity index (χ0n) is 13.1. The molecular weight excluding hydrogens is 301 g/mol. The van der Waals surface area contributed by atoms with Gasteiger partial charge in [-0.25, -0.2) is 4.39 Å². The Hall–Kier alpha value is -1.07. The summed E-state index contributed by atoms with van der Waals surface area (Å²) >= 11 is 1.77. The van der Waals surface area contributed by atoms with Crippen LogP contribution in [0.2, 0.25) is 0 Å². The van der Waals surface area contributed by atoms with Crippen molar-refractivity contribution in [3.8, 4) is 0 Å². The molecule has 0 saturated carbocycles. The Balaban J connectivity index is 2.00. The lowest BCUT2D eigenvalue weighted by molar-refractivity contribution is -0.121. The summed E-state index contributed by atoms with van der Waals surface area (Å²) in [5.74, 6) is 1.75. The maximum absolute atomic E-state index is 13.2. The van der Waals surface area contributed by atoms with Gasteiger partial charge in [-0.3, -0.25) is 4.79 Å². The van der Waals surface area contributed by atoms with Crippen LogP contribution in [0.15, 0.2) is 24.3 Å². The lowest BCUT2D eigenvalue weighted by Gasteiger charge is -2.38. The topological polar surface area (TPSA) is 38.3 Å². The molecule has 5 heteroatoms. The number of hydrogen-bond donors (Lipinski definition) is 1. The molecule has 1 aromatic carbocycles. The smallest absolute Gasteiger partial charge is 0.220 e. The summed E-state index contributed by atoms with van der Waals surface area (Å²) in [7, 11) is 0. The number of thioether (sulfide) groups is 1. The van der Waals surface area contributed by atoms with Crippen molar-refractivity contribution in [3.63, 3.8) is 0 Å². The molecule has 2 rings (SSSR count). The number of benzene rings is 1. The van der Waals surface area contributed by atoms with Gasteiger partial charge < -0.3 is 10.1 Å². The molecule has 0 bridgehead atoms.